The highest BCUT2D eigenvalue weighted by molar-refractivity contribution is 5.94. The molecule has 0 saturated carbocycles. The first-order valence-corrected chi connectivity index (χ1v) is 9.75. The van der Waals surface area contributed by atoms with Gasteiger partial charge in [0.1, 0.15) is 0 Å². The number of hydrogen-bond acceptors (Lipinski definition) is 4. The average molecular weight is 377 g/mol. The van der Waals surface area contributed by atoms with Crippen LogP contribution in [0.4, 0.5) is 0 Å². The molecule has 1 saturated heterocycles. The Kier molecular flexibility index (Phi) is 9.65. The number of nitrogens with zero attached hydrogens (tertiary/aromatic N) is 1. The van der Waals surface area contributed by atoms with Gasteiger partial charge in [-0.2, -0.15) is 0 Å². The van der Waals surface area contributed by atoms with Crippen molar-refractivity contribution in [3.8, 4) is 0 Å². The monoisotopic (exact) mass is 376 g/mol. The maximum absolute atomic E-state index is 11.7. The summed E-state index contributed by atoms with van der Waals surface area (Å²) < 4.78 is 11.2. The molecule has 0 aliphatic carbocycles. The van der Waals surface area contributed by atoms with Gasteiger partial charge in [0, 0.05) is 32.3 Å². The van der Waals surface area contributed by atoms with Gasteiger partial charge in [-0.15, -0.1) is 0 Å². The van der Waals surface area contributed by atoms with Crippen molar-refractivity contribution in [2.45, 2.75) is 32.3 Å². The lowest BCUT2D eigenvalue weighted by Crippen LogP contribution is -2.38. The SMILES string of the molecule is CCNC(=NCCOCC1CCCO1)NCCc1cccc(C(=O)NC)c1. The third-order valence-electron chi connectivity index (χ3n) is 4.30. The molecule has 1 amide bonds. The Morgan fingerprint density at radius 1 is 1.37 bits per heavy atom. The number of amides is 1. The van der Waals surface area contributed by atoms with Crippen LogP contribution in [0, 0.1) is 0 Å². The van der Waals surface area contributed by atoms with Gasteiger partial charge in [0.25, 0.3) is 5.91 Å². The summed E-state index contributed by atoms with van der Waals surface area (Å²) >= 11 is 0. The first-order valence-electron chi connectivity index (χ1n) is 9.75. The zero-order valence-electron chi connectivity index (χ0n) is 16.4. The molecule has 1 aliphatic rings. The number of rotatable bonds is 10. The van der Waals surface area contributed by atoms with Crippen molar-refractivity contribution in [2.75, 3.05) is 46.5 Å². The normalized spacial score (nSPS) is 17.0. The number of aliphatic imine (C=N–C) groups is 1. The summed E-state index contributed by atoms with van der Waals surface area (Å²) in [7, 11) is 1.64. The van der Waals surface area contributed by atoms with Gasteiger partial charge in [0.05, 0.1) is 25.9 Å². The van der Waals surface area contributed by atoms with E-state index in [1.165, 1.54) is 0 Å². The molecule has 1 aromatic carbocycles. The third-order valence-corrected chi connectivity index (χ3v) is 4.30. The molecule has 150 valence electrons. The number of nitrogens with one attached hydrogen (secondary N) is 3. The Bertz CT molecular complexity index is 601. The van der Waals surface area contributed by atoms with E-state index in [0.717, 1.165) is 50.5 Å². The highest BCUT2D eigenvalue weighted by Crippen LogP contribution is 2.11. The van der Waals surface area contributed by atoms with Crippen LogP contribution in [0.5, 0.6) is 0 Å². The van der Waals surface area contributed by atoms with Crippen molar-refractivity contribution in [3.05, 3.63) is 35.4 Å². The standard InChI is InChI=1S/C20H32N4O3/c1-3-22-20(24-11-13-26-15-18-8-5-12-27-18)23-10-9-16-6-4-7-17(14-16)19(25)21-2/h4,6-7,14,18H,3,5,8-13,15H2,1-2H3,(H,21,25)(H2,22,23,24). The lowest BCUT2D eigenvalue weighted by Gasteiger charge is -2.12. The van der Waals surface area contributed by atoms with Crippen molar-refractivity contribution in [2.24, 2.45) is 4.99 Å². The van der Waals surface area contributed by atoms with E-state index in [0.29, 0.717) is 25.3 Å². The van der Waals surface area contributed by atoms with Crippen molar-refractivity contribution < 1.29 is 14.3 Å². The van der Waals surface area contributed by atoms with Crippen molar-refractivity contribution in [1.82, 2.24) is 16.0 Å². The fraction of sp³-hybridized carbons (Fsp3) is 0.600. The molecule has 0 bridgehead atoms. The van der Waals surface area contributed by atoms with Crippen LogP contribution in [-0.2, 0) is 15.9 Å². The summed E-state index contributed by atoms with van der Waals surface area (Å²) in [5, 5.41) is 9.20. The summed E-state index contributed by atoms with van der Waals surface area (Å²) in [5.74, 6) is 0.711. The van der Waals surface area contributed by atoms with Crippen molar-refractivity contribution >= 4 is 11.9 Å². The van der Waals surface area contributed by atoms with E-state index in [1.54, 1.807) is 7.05 Å². The number of carbonyl (C=O) groups excluding carboxylic acids is 1. The molecular weight excluding hydrogens is 344 g/mol. The highest BCUT2D eigenvalue weighted by Gasteiger charge is 2.14. The Hall–Kier alpha value is -2.12. The van der Waals surface area contributed by atoms with E-state index >= 15 is 0 Å². The first kappa shape index (κ1) is 21.2. The van der Waals surface area contributed by atoms with Crippen molar-refractivity contribution in [3.63, 3.8) is 0 Å². The van der Waals surface area contributed by atoms with Gasteiger partial charge >= 0.3 is 0 Å². The molecule has 1 unspecified atom stereocenters. The van der Waals surface area contributed by atoms with Gasteiger partial charge < -0.3 is 25.4 Å². The Morgan fingerprint density at radius 3 is 3.00 bits per heavy atom. The number of guanidine groups is 1. The third kappa shape index (κ3) is 7.97. The predicted octanol–water partition coefficient (Wildman–Crippen LogP) is 1.34. The Morgan fingerprint density at radius 2 is 2.26 bits per heavy atom. The Balaban J connectivity index is 1.70. The van der Waals surface area contributed by atoms with Crippen LogP contribution in [0.15, 0.2) is 29.3 Å². The van der Waals surface area contributed by atoms with E-state index in [9.17, 15) is 4.79 Å². The molecule has 0 spiro atoms. The van der Waals surface area contributed by atoms with E-state index < -0.39 is 0 Å². The van der Waals surface area contributed by atoms with Gasteiger partial charge in [-0.25, -0.2) is 0 Å². The zero-order valence-corrected chi connectivity index (χ0v) is 16.4. The van der Waals surface area contributed by atoms with Gasteiger partial charge in [0.2, 0.25) is 0 Å². The first-order chi connectivity index (χ1) is 13.2. The number of ether oxygens (including phenoxy) is 2. The number of benzene rings is 1. The predicted molar refractivity (Wildman–Crippen MR) is 107 cm³/mol. The molecule has 3 N–H and O–H groups in total. The molecule has 0 aromatic heterocycles. The van der Waals surface area contributed by atoms with E-state index in [-0.39, 0.29) is 12.0 Å². The topological polar surface area (TPSA) is 84.0 Å². The minimum absolute atomic E-state index is 0.0669. The molecule has 2 rings (SSSR count). The maximum Gasteiger partial charge on any atom is 0.251 e. The van der Waals surface area contributed by atoms with Gasteiger partial charge in [-0.3, -0.25) is 9.79 Å². The van der Waals surface area contributed by atoms with Crippen LogP contribution < -0.4 is 16.0 Å². The summed E-state index contributed by atoms with van der Waals surface area (Å²) in [5.41, 5.74) is 1.79. The van der Waals surface area contributed by atoms with Crippen molar-refractivity contribution in [1.29, 1.82) is 0 Å². The quantitative estimate of drug-likeness (QED) is 0.326. The lowest BCUT2D eigenvalue weighted by atomic mass is 10.1. The second kappa shape index (κ2) is 12.3. The molecule has 7 heteroatoms. The fourth-order valence-electron chi connectivity index (χ4n) is 2.89. The summed E-state index contributed by atoms with van der Waals surface area (Å²) in [6.07, 6.45) is 3.29. The smallest absolute Gasteiger partial charge is 0.251 e. The molecular formula is C20H32N4O3. The van der Waals surface area contributed by atoms with Gasteiger partial charge in [-0.1, -0.05) is 12.1 Å². The van der Waals surface area contributed by atoms with E-state index in [2.05, 4.69) is 20.9 Å². The summed E-state index contributed by atoms with van der Waals surface area (Å²) in [6, 6.07) is 7.67. The van der Waals surface area contributed by atoms with Crippen LogP contribution in [-0.4, -0.2) is 64.5 Å². The maximum atomic E-state index is 11.7. The minimum atomic E-state index is -0.0669. The molecule has 0 radical (unpaired) electrons. The molecule has 27 heavy (non-hydrogen) atoms. The number of carbonyl (C=O) groups is 1. The number of hydrogen-bond donors (Lipinski definition) is 3. The zero-order chi connectivity index (χ0) is 19.3. The largest absolute Gasteiger partial charge is 0.377 e. The van der Waals surface area contributed by atoms with E-state index in [1.807, 2.05) is 31.2 Å². The molecule has 1 atom stereocenters. The summed E-state index contributed by atoms with van der Waals surface area (Å²) in [6.45, 7) is 6.28. The van der Waals surface area contributed by atoms with Crippen LogP contribution in [0.1, 0.15) is 35.7 Å². The summed E-state index contributed by atoms with van der Waals surface area (Å²) in [4.78, 5) is 16.2. The van der Waals surface area contributed by atoms with Gasteiger partial charge in [0.15, 0.2) is 5.96 Å². The van der Waals surface area contributed by atoms with E-state index in [4.69, 9.17) is 9.47 Å². The fourth-order valence-corrected chi connectivity index (χ4v) is 2.89. The van der Waals surface area contributed by atoms with Crippen LogP contribution in [0.25, 0.3) is 0 Å². The Labute approximate surface area is 161 Å². The second-order valence-electron chi connectivity index (χ2n) is 6.43. The van der Waals surface area contributed by atoms with Crippen LogP contribution >= 0.6 is 0 Å². The van der Waals surface area contributed by atoms with Gasteiger partial charge in [-0.05, 0) is 43.9 Å². The lowest BCUT2D eigenvalue weighted by molar-refractivity contribution is 0.0200. The molecule has 1 aliphatic heterocycles. The molecule has 1 aromatic rings. The minimum Gasteiger partial charge on any atom is -0.377 e. The molecule has 7 nitrogen and oxygen atoms in total. The van der Waals surface area contributed by atoms with Crippen LogP contribution in [0.2, 0.25) is 0 Å². The molecule has 1 fully saturated rings. The highest BCUT2D eigenvalue weighted by atomic mass is 16.5. The molecule has 1 heterocycles. The second-order valence-corrected chi connectivity index (χ2v) is 6.43. The average Bonchev–Trinajstić information content (AvgIpc) is 3.21. The van der Waals surface area contributed by atoms with Crippen LogP contribution in [0.3, 0.4) is 0 Å².